The number of halogens is 4. The van der Waals surface area contributed by atoms with Crippen LogP contribution in [-0.4, -0.2) is 64.4 Å². The van der Waals surface area contributed by atoms with Crippen LogP contribution in [0.25, 0.3) is 0 Å². The van der Waals surface area contributed by atoms with E-state index in [-0.39, 0.29) is 23.9 Å². The van der Waals surface area contributed by atoms with Gasteiger partial charge in [-0.1, -0.05) is 0 Å². The van der Waals surface area contributed by atoms with E-state index in [1.54, 1.807) is 11.0 Å². The molecule has 3 atom stereocenters. The molecule has 2 aromatic heterocycles. The second kappa shape index (κ2) is 9.55. The van der Waals surface area contributed by atoms with E-state index in [1.807, 2.05) is 6.92 Å². The Balaban J connectivity index is 0.000000360. The number of hydrogen-bond donors (Lipinski definition) is 1. The van der Waals surface area contributed by atoms with Crippen molar-refractivity contribution in [3.8, 4) is 5.88 Å². The molecular formula is C20H20F4N2O6. The predicted octanol–water partition coefficient (Wildman–Crippen LogP) is 3.21. The standard InChI is InChI=1S/C18H19FN2O4.C2HF3O2/c1-11-6-9-24-15(11)18(22)21-8-10-23-14-5-4-13(21)16(14)25-17-12(19)3-2-7-20-17;3-2(4,5)1(6)7/h2-3,6-7,9,13-14,16H,4-5,8,10H2,1H3;(H,6,7). The van der Waals surface area contributed by atoms with Crippen molar-refractivity contribution >= 4 is 11.9 Å². The number of aliphatic carboxylic acids is 1. The number of pyridine rings is 1. The Morgan fingerprint density at radius 3 is 2.59 bits per heavy atom. The summed E-state index contributed by atoms with van der Waals surface area (Å²) in [5.41, 5.74) is 0.790. The van der Waals surface area contributed by atoms with Crippen molar-refractivity contribution in [2.24, 2.45) is 0 Å². The molecule has 2 fully saturated rings. The predicted molar refractivity (Wildman–Crippen MR) is 99.5 cm³/mol. The first kappa shape index (κ1) is 23.5. The molecule has 1 saturated carbocycles. The van der Waals surface area contributed by atoms with Crippen molar-refractivity contribution in [1.29, 1.82) is 0 Å². The summed E-state index contributed by atoms with van der Waals surface area (Å²) in [7, 11) is 0. The molecule has 3 heterocycles. The van der Waals surface area contributed by atoms with Crippen molar-refractivity contribution in [2.75, 3.05) is 13.2 Å². The number of nitrogens with zero attached hydrogens (tertiary/aromatic N) is 2. The normalized spacial score (nSPS) is 22.5. The maximum absolute atomic E-state index is 13.9. The Bertz CT molecular complexity index is 964. The number of carbonyl (C=O) groups is 2. The van der Waals surface area contributed by atoms with Crippen LogP contribution in [0.1, 0.15) is 29.0 Å². The highest BCUT2D eigenvalue weighted by atomic mass is 19.4. The number of amides is 1. The molecule has 0 aromatic carbocycles. The molecule has 2 aliphatic rings. The first-order valence-corrected chi connectivity index (χ1v) is 9.63. The number of furan rings is 1. The molecule has 3 unspecified atom stereocenters. The lowest BCUT2D eigenvalue weighted by Crippen LogP contribution is -2.47. The Morgan fingerprint density at radius 1 is 1.28 bits per heavy atom. The highest BCUT2D eigenvalue weighted by Crippen LogP contribution is 2.34. The van der Waals surface area contributed by atoms with Crippen LogP contribution < -0.4 is 4.74 Å². The van der Waals surface area contributed by atoms with E-state index in [2.05, 4.69) is 4.98 Å². The number of carboxylic acid groups (broad SMARTS) is 1. The van der Waals surface area contributed by atoms with Crippen molar-refractivity contribution < 1.29 is 46.1 Å². The number of fused-ring (bicyclic) bond motifs is 2. The number of carbonyl (C=O) groups excluding carboxylic acids is 1. The van der Waals surface area contributed by atoms with Crippen molar-refractivity contribution in [3.63, 3.8) is 0 Å². The SMILES string of the molecule is Cc1ccoc1C(=O)N1CCOC2CCC1C2Oc1ncccc1F.O=C(O)C(F)(F)F. The molecule has 1 aliphatic heterocycles. The van der Waals surface area contributed by atoms with Crippen LogP contribution >= 0.6 is 0 Å². The molecule has 1 amide bonds. The Hall–Kier alpha value is -3.15. The molecule has 4 rings (SSSR count). The van der Waals surface area contributed by atoms with E-state index in [1.165, 1.54) is 24.6 Å². The van der Waals surface area contributed by atoms with E-state index in [0.717, 1.165) is 18.4 Å². The zero-order valence-electron chi connectivity index (χ0n) is 16.8. The Labute approximate surface area is 179 Å². The van der Waals surface area contributed by atoms with Crippen molar-refractivity contribution in [2.45, 2.75) is 44.2 Å². The molecule has 12 heteroatoms. The van der Waals surface area contributed by atoms with E-state index in [9.17, 15) is 22.4 Å². The fourth-order valence-electron chi connectivity index (χ4n) is 3.61. The smallest absolute Gasteiger partial charge is 0.475 e. The Kier molecular flexibility index (Phi) is 7.02. The summed E-state index contributed by atoms with van der Waals surface area (Å²) in [4.78, 5) is 27.5. The van der Waals surface area contributed by atoms with Crippen molar-refractivity contribution in [3.05, 3.63) is 47.8 Å². The minimum absolute atomic E-state index is 0.0588. The lowest BCUT2D eigenvalue weighted by atomic mass is 10.1. The summed E-state index contributed by atoms with van der Waals surface area (Å²) in [5, 5.41) is 7.12. The van der Waals surface area contributed by atoms with Crippen LogP contribution in [0.2, 0.25) is 0 Å². The second-order valence-electron chi connectivity index (χ2n) is 7.16. The van der Waals surface area contributed by atoms with Gasteiger partial charge in [0.2, 0.25) is 0 Å². The molecule has 1 saturated heterocycles. The fraction of sp³-hybridized carbons (Fsp3) is 0.450. The molecular weight excluding hydrogens is 440 g/mol. The number of ether oxygens (including phenoxy) is 2. The second-order valence-corrected chi connectivity index (χ2v) is 7.16. The molecule has 1 aliphatic carbocycles. The lowest BCUT2D eigenvalue weighted by Gasteiger charge is -2.30. The van der Waals surface area contributed by atoms with Gasteiger partial charge in [0.25, 0.3) is 11.8 Å². The van der Waals surface area contributed by atoms with E-state index < -0.39 is 24.1 Å². The summed E-state index contributed by atoms with van der Waals surface area (Å²) >= 11 is 0. The maximum atomic E-state index is 13.9. The molecule has 8 nitrogen and oxygen atoms in total. The molecule has 174 valence electrons. The summed E-state index contributed by atoms with van der Waals surface area (Å²) < 4.78 is 62.7. The third-order valence-corrected chi connectivity index (χ3v) is 5.09. The van der Waals surface area contributed by atoms with Crippen LogP contribution in [-0.2, 0) is 9.53 Å². The average molecular weight is 460 g/mol. The molecule has 1 N–H and O–H groups in total. The third kappa shape index (κ3) is 5.18. The number of rotatable bonds is 3. The fourth-order valence-corrected chi connectivity index (χ4v) is 3.61. The Morgan fingerprint density at radius 2 is 2.00 bits per heavy atom. The first-order valence-electron chi connectivity index (χ1n) is 9.63. The summed E-state index contributed by atoms with van der Waals surface area (Å²) in [6, 6.07) is 4.37. The largest absolute Gasteiger partial charge is 0.490 e. The summed E-state index contributed by atoms with van der Waals surface area (Å²) in [5.74, 6) is -3.20. The number of aromatic nitrogens is 1. The van der Waals surface area contributed by atoms with E-state index in [0.29, 0.717) is 18.9 Å². The van der Waals surface area contributed by atoms with E-state index in [4.69, 9.17) is 23.8 Å². The van der Waals surface area contributed by atoms with Crippen LogP contribution in [0.5, 0.6) is 5.88 Å². The minimum Gasteiger partial charge on any atom is -0.475 e. The van der Waals surface area contributed by atoms with Gasteiger partial charge in [-0.2, -0.15) is 13.2 Å². The van der Waals surface area contributed by atoms with Gasteiger partial charge in [0.1, 0.15) is 6.10 Å². The van der Waals surface area contributed by atoms with Gasteiger partial charge in [0, 0.05) is 18.3 Å². The topological polar surface area (TPSA) is 102 Å². The van der Waals surface area contributed by atoms with Gasteiger partial charge in [-0.15, -0.1) is 0 Å². The summed E-state index contributed by atoms with van der Waals surface area (Å²) in [6.45, 7) is 2.70. The minimum atomic E-state index is -5.08. The van der Waals surface area contributed by atoms with E-state index >= 15 is 0 Å². The van der Waals surface area contributed by atoms with Crippen LogP contribution in [0.15, 0.2) is 35.1 Å². The molecule has 0 radical (unpaired) electrons. The third-order valence-electron chi connectivity index (χ3n) is 5.09. The number of aryl methyl sites for hydroxylation is 1. The van der Waals surface area contributed by atoms with Gasteiger partial charge >= 0.3 is 12.1 Å². The maximum Gasteiger partial charge on any atom is 0.490 e. The number of hydrogen-bond acceptors (Lipinski definition) is 6. The highest BCUT2D eigenvalue weighted by Gasteiger charge is 2.46. The monoisotopic (exact) mass is 460 g/mol. The van der Waals surface area contributed by atoms with Gasteiger partial charge in [0.05, 0.1) is 25.0 Å². The number of alkyl halides is 3. The number of carboxylic acids is 1. The molecule has 32 heavy (non-hydrogen) atoms. The van der Waals surface area contributed by atoms with Gasteiger partial charge in [0.15, 0.2) is 11.6 Å². The van der Waals surface area contributed by atoms with Gasteiger partial charge in [-0.05, 0) is 38.0 Å². The van der Waals surface area contributed by atoms with Gasteiger partial charge < -0.3 is 23.9 Å². The molecule has 0 spiro atoms. The van der Waals surface area contributed by atoms with Crippen LogP contribution in [0.4, 0.5) is 17.6 Å². The lowest BCUT2D eigenvalue weighted by molar-refractivity contribution is -0.192. The van der Waals surface area contributed by atoms with Crippen molar-refractivity contribution in [1.82, 2.24) is 9.88 Å². The first-order chi connectivity index (χ1) is 15.1. The summed E-state index contributed by atoms with van der Waals surface area (Å²) in [6.07, 6.45) is -1.24. The molecule has 2 bridgehead atoms. The highest BCUT2D eigenvalue weighted by molar-refractivity contribution is 5.93. The van der Waals surface area contributed by atoms with Gasteiger partial charge in [-0.3, -0.25) is 4.79 Å². The zero-order chi connectivity index (χ0) is 23.5. The van der Waals surface area contributed by atoms with Crippen LogP contribution in [0, 0.1) is 12.7 Å². The van der Waals surface area contributed by atoms with Crippen LogP contribution in [0.3, 0.4) is 0 Å². The zero-order valence-corrected chi connectivity index (χ0v) is 16.8. The molecule has 2 aromatic rings. The van der Waals surface area contributed by atoms with Gasteiger partial charge in [-0.25, -0.2) is 14.2 Å². The quantitative estimate of drug-likeness (QED) is 0.702. The average Bonchev–Trinajstić information content (AvgIpc) is 3.26.